The van der Waals surface area contributed by atoms with Gasteiger partial charge in [-0.05, 0) is 77.6 Å². The van der Waals surface area contributed by atoms with Crippen LogP contribution in [-0.4, -0.2) is 29.9 Å². The van der Waals surface area contributed by atoms with Gasteiger partial charge >= 0.3 is 0 Å². The fourth-order valence-electron chi connectivity index (χ4n) is 6.17. The van der Waals surface area contributed by atoms with Crippen LogP contribution in [0.1, 0.15) is 11.4 Å². The first-order chi connectivity index (χ1) is 24.6. The second-order valence-electron chi connectivity index (χ2n) is 12.2. The van der Waals surface area contributed by atoms with Crippen LogP contribution in [0.15, 0.2) is 158 Å². The lowest BCUT2D eigenvalue weighted by Crippen LogP contribution is -2.00. The summed E-state index contributed by atoms with van der Waals surface area (Å²) in [6.45, 7) is 4.07. The molecule has 0 saturated heterocycles. The first-order valence-electron chi connectivity index (χ1n) is 16.5. The van der Waals surface area contributed by atoms with E-state index < -0.39 is 0 Å². The SMILES string of the molecule is Cc1cc(-c2ccc(-c3cc(-c4ccc(-c5cnccn5)cc4)cc(-c4nc(-c5ccccc5)nc(-c5ccccc5)n4)c3)cc2)cc(C)n1. The van der Waals surface area contributed by atoms with Crippen LogP contribution in [0.3, 0.4) is 0 Å². The molecule has 0 bridgehead atoms. The number of hydrogen-bond acceptors (Lipinski definition) is 6. The minimum atomic E-state index is 0.608. The predicted molar refractivity (Wildman–Crippen MR) is 201 cm³/mol. The predicted octanol–water partition coefficient (Wildman–Crippen LogP) is 10.3. The van der Waals surface area contributed by atoms with Crippen molar-refractivity contribution in [2.75, 3.05) is 0 Å². The van der Waals surface area contributed by atoms with E-state index in [0.29, 0.717) is 17.5 Å². The lowest BCUT2D eigenvalue weighted by molar-refractivity contribution is 1.07. The normalized spacial score (nSPS) is 11.0. The number of aromatic nitrogens is 6. The molecule has 238 valence electrons. The van der Waals surface area contributed by atoms with Gasteiger partial charge in [-0.15, -0.1) is 0 Å². The fraction of sp³-hybridized carbons (Fsp3) is 0.0455. The average molecular weight is 645 g/mol. The van der Waals surface area contributed by atoms with Crippen molar-refractivity contribution in [2.24, 2.45) is 0 Å². The van der Waals surface area contributed by atoms with Gasteiger partial charge in [-0.25, -0.2) is 15.0 Å². The molecule has 0 aliphatic rings. The lowest BCUT2D eigenvalue weighted by Gasteiger charge is -2.13. The molecule has 6 heteroatoms. The Morgan fingerprint density at radius 2 is 0.760 bits per heavy atom. The van der Waals surface area contributed by atoms with E-state index in [1.807, 2.05) is 74.5 Å². The molecule has 5 aromatic carbocycles. The second-order valence-corrected chi connectivity index (χ2v) is 12.2. The molecular formula is C44H32N6. The third kappa shape index (κ3) is 6.55. The van der Waals surface area contributed by atoms with Gasteiger partial charge < -0.3 is 0 Å². The summed E-state index contributed by atoms with van der Waals surface area (Å²) in [7, 11) is 0. The Kier molecular flexibility index (Phi) is 8.25. The highest BCUT2D eigenvalue weighted by molar-refractivity contribution is 5.82. The topological polar surface area (TPSA) is 77.3 Å². The number of benzene rings is 5. The largest absolute Gasteiger partial charge is 0.261 e. The summed E-state index contributed by atoms with van der Waals surface area (Å²) in [5.41, 5.74) is 13.2. The first kappa shape index (κ1) is 30.7. The second kappa shape index (κ2) is 13.5. The molecule has 0 aliphatic heterocycles. The van der Waals surface area contributed by atoms with Gasteiger partial charge in [-0.2, -0.15) is 0 Å². The zero-order valence-corrected chi connectivity index (χ0v) is 27.7. The maximum Gasteiger partial charge on any atom is 0.164 e. The molecule has 0 unspecified atom stereocenters. The maximum atomic E-state index is 5.05. The van der Waals surface area contributed by atoms with Crippen LogP contribution in [-0.2, 0) is 0 Å². The Morgan fingerprint density at radius 1 is 0.340 bits per heavy atom. The van der Waals surface area contributed by atoms with Gasteiger partial charge in [0.1, 0.15) is 0 Å². The van der Waals surface area contributed by atoms with Crippen LogP contribution in [0.2, 0.25) is 0 Å². The Labute approximate surface area is 291 Å². The van der Waals surface area contributed by atoms with E-state index >= 15 is 0 Å². The van der Waals surface area contributed by atoms with Crippen molar-refractivity contribution in [3.63, 3.8) is 0 Å². The first-order valence-corrected chi connectivity index (χ1v) is 16.5. The molecule has 3 aromatic heterocycles. The van der Waals surface area contributed by atoms with Crippen LogP contribution in [0.5, 0.6) is 0 Å². The Bertz CT molecular complexity index is 2330. The summed E-state index contributed by atoms with van der Waals surface area (Å²) in [6.07, 6.45) is 5.18. The monoisotopic (exact) mass is 644 g/mol. The molecule has 0 fully saturated rings. The van der Waals surface area contributed by atoms with Gasteiger partial charge in [0.25, 0.3) is 0 Å². The molecule has 8 rings (SSSR count). The molecule has 0 atom stereocenters. The Balaban J connectivity index is 1.27. The number of nitrogens with zero attached hydrogens (tertiary/aromatic N) is 6. The van der Waals surface area contributed by atoms with Crippen LogP contribution in [0.4, 0.5) is 0 Å². The van der Waals surface area contributed by atoms with Crippen molar-refractivity contribution in [3.05, 3.63) is 170 Å². The molecule has 50 heavy (non-hydrogen) atoms. The summed E-state index contributed by atoms with van der Waals surface area (Å²) in [6, 6.07) is 48.1. The van der Waals surface area contributed by atoms with E-state index in [-0.39, 0.29) is 0 Å². The van der Waals surface area contributed by atoms with Crippen LogP contribution >= 0.6 is 0 Å². The van der Waals surface area contributed by atoms with Gasteiger partial charge in [0, 0.05) is 46.0 Å². The van der Waals surface area contributed by atoms with Gasteiger partial charge in [0.15, 0.2) is 17.5 Å². The number of pyridine rings is 1. The zero-order valence-electron chi connectivity index (χ0n) is 27.7. The van der Waals surface area contributed by atoms with Crippen molar-refractivity contribution in [2.45, 2.75) is 13.8 Å². The van der Waals surface area contributed by atoms with Gasteiger partial charge in [-0.3, -0.25) is 15.0 Å². The van der Waals surface area contributed by atoms with Crippen LogP contribution < -0.4 is 0 Å². The summed E-state index contributed by atoms with van der Waals surface area (Å²) >= 11 is 0. The molecule has 3 heterocycles. The van der Waals surface area contributed by atoms with Gasteiger partial charge in [0.2, 0.25) is 0 Å². The number of aryl methyl sites for hydroxylation is 2. The maximum absolute atomic E-state index is 5.05. The molecule has 0 N–H and O–H groups in total. The zero-order chi connectivity index (χ0) is 33.9. The van der Waals surface area contributed by atoms with E-state index in [1.54, 1.807) is 18.6 Å². The molecular weight excluding hydrogens is 613 g/mol. The highest BCUT2D eigenvalue weighted by atomic mass is 15.0. The molecule has 0 radical (unpaired) electrons. The summed E-state index contributed by atoms with van der Waals surface area (Å²) in [5.74, 6) is 1.86. The molecule has 0 spiro atoms. The third-order valence-electron chi connectivity index (χ3n) is 8.60. The van der Waals surface area contributed by atoms with E-state index in [9.17, 15) is 0 Å². The third-order valence-corrected chi connectivity index (χ3v) is 8.60. The van der Waals surface area contributed by atoms with Crippen molar-refractivity contribution in [1.29, 1.82) is 0 Å². The summed E-state index contributed by atoms with van der Waals surface area (Å²) in [5, 5.41) is 0. The molecule has 6 nitrogen and oxygen atoms in total. The van der Waals surface area contributed by atoms with Gasteiger partial charge in [-0.1, -0.05) is 109 Å². The van der Waals surface area contributed by atoms with Gasteiger partial charge in [0.05, 0.1) is 11.9 Å². The van der Waals surface area contributed by atoms with E-state index in [1.165, 1.54) is 0 Å². The quantitative estimate of drug-likeness (QED) is 0.172. The van der Waals surface area contributed by atoms with Crippen molar-refractivity contribution in [3.8, 4) is 78.8 Å². The number of hydrogen-bond donors (Lipinski definition) is 0. The Hall–Kier alpha value is -6.66. The fourth-order valence-corrected chi connectivity index (χ4v) is 6.17. The van der Waals surface area contributed by atoms with E-state index in [2.05, 4.69) is 93.8 Å². The minimum absolute atomic E-state index is 0.608. The number of rotatable bonds is 7. The van der Waals surface area contributed by atoms with Crippen molar-refractivity contribution in [1.82, 2.24) is 29.9 Å². The lowest BCUT2D eigenvalue weighted by atomic mass is 9.94. The van der Waals surface area contributed by atoms with Crippen molar-refractivity contribution >= 4 is 0 Å². The Morgan fingerprint density at radius 3 is 1.22 bits per heavy atom. The van der Waals surface area contributed by atoms with E-state index in [0.717, 1.165) is 72.7 Å². The highest BCUT2D eigenvalue weighted by Gasteiger charge is 2.15. The molecule has 0 amide bonds. The van der Waals surface area contributed by atoms with E-state index in [4.69, 9.17) is 15.0 Å². The minimum Gasteiger partial charge on any atom is -0.261 e. The smallest absolute Gasteiger partial charge is 0.164 e. The van der Waals surface area contributed by atoms with Crippen molar-refractivity contribution < 1.29 is 0 Å². The summed E-state index contributed by atoms with van der Waals surface area (Å²) < 4.78 is 0. The molecule has 0 aliphatic carbocycles. The molecule has 8 aromatic rings. The highest BCUT2D eigenvalue weighted by Crippen LogP contribution is 2.35. The molecule has 0 saturated carbocycles. The average Bonchev–Trinajstić information content (AvgIpc) is 3.18. The summed E-state index contributed by atoms with van der Waals surface area (Å²) in [4.78, 5) is 28.3. The standard InChI is InChI=1S/C44H32N6/c1-29-23-37(24-30(2)47-29)31-13-15-32(16-14-31)38-25-39(33-17-19-34(20-18-33)41-28-45-21-22-46-41)27-40(26-38)44-49-42(35-9-5-3-6-10-35)48-43(50-44)36-11-7-4-8-12-36/h3-28H,1-2H3. The van der Waals surface area contributed by atoms with Crippen LogP contribution in [0, 0.1) is 13.8 Å². The van der Waals surface area contributed by atoms with Crippen LogP contribution in [0.25, 0.3) is 78.8 Å².